The number of carbonyl (C=O) groups is 3. The Morgan fingerprint density at radius 2 is 1.81 bits per heavy atom. The van der Waals surface area contributed by atoms with Crippen LogP contribution in [0.1, 0.15) is 25.3 Å². The summed E-state index contributed by atoms with van der Waals surface area (Å²) in [5, 5.41) is 2.62. The predicted molar refractivity (Wildman–Crippen MR) is 95.5 cm³/mol. The monoisotopic (exact) mass is 362 g/mol. The molecule has 1 fully saturated rings. The summed E-state index contributed by atoms with van der Waals surface area (Å²) < 4.78 is 10.2. The Labute approximate surface area is 153 Å². The fourth-order valence-electron chi connectivity index (χ4n) is 3.18. The van der Waals surface area contributed by atoms with Crippen LogP contribution in [0.3, 0.4) is 0 Å². The molecule has 26 heavy (non-hydrogen) atoms. The van der Waals surface area contributed by atoms with Crippen LogP contribution in [0.15, 0.2) is 30.3 Å². The number of likely N-dealkylation sites (tertiary alicyclic amines) is 1. The highest BCUT2D eigenvalue weighted by Crippen LogP contribution is 2.36. The van der Waals surface area contributed by atoms with E-state index in [0.29, 0.717) is 39.1 Å². The zero-order valence-electron chi connectivity index (χ0n) is 15.3. The highest BCUT2D eigenvalue weighted by molar-refractivity contribution is 5.87. The van der Waals surface area contributed by atoms with Crippen LogP contribution in [-0.2, 0) is 29.3 Å². The smallest absolute Gasteiger partial charge is 0.317 e. The van der Waals surface area contributed by atoms with E-state index in [1.54, 1.807) is 12.0 Å². The van der Waals surface area contributed by atoms with Crippen LogP contribution in [0.5, 0.6) is 0 Å². The lowest BCUT2D eigenvalue weighted by Crippen LogP contribution is -2.49. The van der Waals surface area contributed by atoms with Crippen molar-refractivity contribution in [3.05, 3.63) is 35.9 Å². The zero-order chi connectivity index (χ0) is 19.0. The van der Waals surface area contributed by atoms with Crippen LogP contribution in [0.25, 0.3) is 0 Å². The number of nitrogens with one attached hydrogen (secondary N) is 1. The van der Waals surface area contributed by atoms with Gasteiger partial charge < -0.3 is 19.7 Å². The van der Waals surface area contributed by atoms with Crippen LogP contribution in [0, 0.1) is 0 Å². The highest BCUT2D eigenvalue weighted by atomic mass is 16.5. The van der Waals surface area contributed by atoms with Crippen LogP contribution in [0.4, 0.5) is 0 Å². The van der Waals surface area contributed by atoms with E-state index >= 15 is 0 Å². The lowest BCUT2D eigenvalue weighted by molar-refractivity contribution is -0.157. The van der Waals surface area contributed by atoms with E-state index in [9.17, 15) is 14.4 Å². The Balaban J connectivity index is 2.06. The topological polar surface area (TPSA) is 84.9 Å². The first-order chi connectivity index (χ1) is 12.5. The minimum Gasteiger partial charge on any atom is -0.455 e. The van der Waals surface area contributed by atoms with Crippen molar-refractivity contribution in [3.63, 3.8) is 0 Å². The molecule has 0 aliphatic carbocycles. The number of piperidine rings is 1. The first-order valence-electron chi connectivity index (χ1n) is 8.73. The summed E-state index contributed by atoms with van der Waals surface area (Å²) in [4.78, 5) is 38.0. The normalized spacial score (nSPS) is 16.0. The molecule has 0 atom stereocenters. The van der Waals surface area contributed by atoms with Crippen molar-refractivity contribution < 1.29 is 23.9 Å². The lowest BCUT2D eigenvalue weighted by Gasteiger charge is -2.40. The summed E-state index contributed by atoms with van der Waals surface area (Å²) in [5.74, 6) is -0.786. The Morgan fingerprint density at radius 1 is 1.15 bits per heavy atom. The number of amides is 2. The minimum atomic E-state index is -0.833. The van der Waals surface area contributed by atoms with Gasteiger partial charge in [0.05, 0.1) is 12.0 Å². The Bertz CT molecular complexity index is 624. The van der Waals surface area contributed by atoms with Gasteiger partial charge in [-0.25, -0.2) is 0 Å². The number of hydrogen-bond acceptors (Lipinski definition) is 5. The Hall–Kier alpha value is -2.41. The van der Waals surface area contributed by atoms with Gasteiger partial charge >= 0.3 is 5.97 Å². The van der Waals surface area contributed by atoms with E-state index in [1.807, 2.05) is 30.3 Å². The largest absolute Gasteiger partial charge is 0.455 e. The van der Waals surface area contributed by atoms with Crippen LogP contribution < -0.4 is 5.32 Å². The first-order valence-corrected chi connectivity index (χ1v) is 8.73. The predicted octanol–water partition coefficient (Wildman–Crippen LogP) is 0.873. The third kappa shape index (κ3) is 4.82. The highest BCUT2D eigenvalue weighted by Gasteiger charge is 2.44. The Kier molecular flexibility index (Phi) is 7.15. The van der Waals surface area contributed by atoms with Gasteiger partial charge in [0, 0.05) is 33.7 Å². The van der Waals surface area contributed by atoms with Crippen LogP contribution in [-0.4, -0.2) is 62.6 Å². The molecule has 0 saturated carbocycles. The fraction of sp³-hybridized carbons (Fsp3) is 0.526. The second-order valence-corrected chi connectivity index (χ2v) is 6.37. The number of rotatable bonds is 7. The van der Waals surface area contributed by atoms with Gasteiger partial charge in [-0.1, -0.05) is 30.3 Å². The van der Waals surface area contributed by atoms with Gasteiger partial charge in [0.2, 0.25) is 5.91 Å². The third-order valence-electron chi connectivity index (χ3n) is 4.74. The van der Waals surface area contributed by atoms with Crippen molar-refractivity contribution in [2.75, 3.05) is 40.0 Å². The lowest BCUT2D eigenvalue weighted by atomic mass is 9.72. The van der Waals surface area contributed by atoms with Crippen molar-refractivity contribution >= 4 is 17.8 Å². The van der Waals surface area contributed by atoms with E-state index in [-0.39, 0.29) is 18.4 Å². The second-order valence-electron chi connectivity index (χ2n) is 6.37. The quantitative estimate of drug-likeness (QED) is 0.575. The van der Waals surface area contributed by atoms with E-state index in [2.05, 4.69) is 5.32 Å². The maximum absolute atomic E-state index is 12.9. The number of methoxy groups -OCH3 is 1. The molecule has 1 aliphatic rings. The molecule has 1 aromatic carbocycles. The van der Waals surface area contributed by atoms with E-state index < -0.39 is 11.4 Å². The van der Waals surface area contributed by atoms with Crippen molar-refractivity contribution in [1.29, 1.82) is 0 Å². The minimum absolute atomic E-state index is 0.00227. The number of nitrogens with zero attached hydrogens (tertiary/aromatic N) is 1. The Morgan fingerprint density at radius 3 is 2.38 bits per heavy atom. The van der Waals surface area contributed by atoms with E-state index in [1.165, 1.54) is 6.92 Å². The summed E-state index contributed by atoms with van der Waals surface area (Å²) >= 11 is 0. The molecule has 1 aliphatic heterocycles. The fourth-order valence-corrected chi connectivity index (χ4v) is 3.18. The number of carbonyl (C=O) groups excluding carboxylic acids is 3. The first kappa shape index (κ1) is 19.9. The summed E-state index contributed by atoms with van der Waals surface area (Å²) in [6.45, 7) is 2.93. The SMILES string of the molecule is COCCNC(=O)COC(=O)C1(c2ccccc2)CCN(C(C)=O)CC1. The van der Waals surface area contributed by atoms with Crippen LogP contribution >= 0.6 is 0 Å². The molecule has 142 valence electrons. The van der Waals surface area contributed by atoms with Crippen LogP contribution in [0.2, 0.25) is 0 Å². The molecule has 7 nitrogen and oxygen atoms in total. The van der Waals surface area contributed by atoms with E-state index in [4.69, 9.17) is 9.47 Å². The molecule has 1 aromatic rings. The van der Waals surface area contributed by atoms with Crippen molar-refractivity contribution in [2.24, 2.45) is 0 Å². The average molecular weight is 362 g/mol. The molecule has 0 spiro atoms. The summed E-state index contributed by atoms with van der Waals surface area (Å²) in [6.07, 6.45) is 0.946. The standard InChI is InChI=1S/C19H26N2O5/c1-15(22)21-11-8-19(9-12-21,16-6-4-3-5-7-16)18(24)26-14-17(23)20-10-13-25-2/h3-7H,8-14H2,1-2H3,(H,20,23). The van der Waals surface area contributed by atoms with Crippen molar-refractivity contribution in [3.8, 4) is 0 Å². The zero-order valence-corrected chi connectivity index (χ0v) is 15.3. The molecule has 0 radical (unpaired) electrons. The molecule has 0 unspecified atom stereocenters. The average Bonchev–Trinajstić information content (AvgIpc) is 2.67. The molecule has 2 rings (SSSR count). The molecular formula is C19H26N2O5. The molecule has 2 amide bonds. The molecule has 0 bridgehead atoms. The van der Waals surface area contributed by atoms with Crippen molar-refractivity contribution in [1.82, 2.24) is 10.2 Å². The maximum Gasteiger partial charge on any atom is 0.317 e. The number of benzene rings is 1. The third-order valence-corrected chi connectivity index (χ3v) is 4.74. The van der Waals surface area contributed by atoms with Gasteiger partial charge in [-0.15, -0.1) is 0 Å². The maximum atomic E-state index is 12.9. The van der Waals surface area contributed by atoms with Gasteiger partial charge in [0.15, 0.2) is 6.61 Å². The van der Waals surface area contributed by atoms with Gasteiger partial charge in [0.1, 0.15) is 0 Å². The molecule has 7 heteroatoms. The summed E-state index contributed by atoms with van der Waals surface area (Å²) in [7, 11) is 1.54. The molecule has 1 heterocycles. The van der Waals surface area contributed by atoms with Gasteiger partial charge in [-0.05, 0) is 18.4 Å². The van der Waals surface area contributed by atoms with E-state index in [0.717, 1.165) is 5.56 Å². The second kappa shape index (κ2) is 9.33. The number of esters is 1. The molecule has 1 saturated heterocycles. The van der Waals surface area contributed by atoms with Crippen molar-refractivity contribution in [2.45, 2.75) is 25.2 Å². The van der Waals surface area contributed by atoms with Gasteiger partial charge in [0.25, 0.3) is 5.91 Å². The number of ether oxygens (including phenoxy) is 2. The molecule has 0 aromatic heterocycles. The number of hydrogen-bond donors (Lipinski definition) is 1. The summed E-state index contributed by atoms with van der Waals surface area (Å²) in [5.41, 5.74) is 0.0213. The van der Waals surface area contributed by atoms with Gasteiger partial charge in [-0.3, -0.25) is 14.4 Å². The van der Waals surface area contributed by atoms with Gasteiger partial charge in [-0.2, -0.15) is 0 Å². The molecule has 1 N–H and O–H groups in total. The summed E-state index contributed by atoms with van der Waals surface area (Å²) in [6, 6.07) is 9.42. The molecular weight excluding hydrogens is 336 g/mol.